The average molecular weight is 335 g/mol. The third-order valence-electron chi connectivity index (χ3n) is 4.85. The zero-order chi connectivity index (χ0) is 17.7. The van der Waals surface area contributed by atoms with Crippen molar-refractivity contribution in [1.82, 2.24) is 19.9 Å². The van der Waals surface area contributed by atoms with Crippen LogP contribution in [-0.4, -0.2) is 44.6 Å². The number of hydrogen-bond acceptors (Lipinski definition) is 4. The maximum Gasteiger partial charge on any atom is 0.114 e. The number of piperidine rings is 1. The summed E-state index contributed by atoms with van der Waals surface area (Å²) in [6.07, 6.45) is 8.92. The molecule has 0 aliphatic carbocycles. The number of aliphatic hydroxyl groups is 1. The average Bonchev–Trinajstić information content (AvgIpc) is 2.97. The maximum absolute atomic E-state index is 10.0. The Labute approximate surface area is 146 Å². The molecule has 0 spiro atoms. The lowest BCUT2D eigenvalue weighted by Gasteiger charge is -2.33. The van der Waals surface area contributed by atoms with Crippen molar-refractivity contribution in [3.8, 4) is 0 Å². The lowest BCUT2D eigenvalue weighted by atomic mass is 10.0. The van der Waals surface area contributed by atoms with Crippen molar-refractivity contribution in [2.24, 2.45) is 5.92 Å². The zero-order valence-electron chi connectivity index (χ0n) is 16.0. The van der Waals surface area contributed by atoms with E-state index in [1.807, 2.05) is 10.9 Å². The Balaban J connectivity index is 1.77. The molecular formula is C19H34N4O. The molecule has 136 valence electrons. The molecule has 1 fully saturated rings. The van der Waals surface area contributed by atoms with Crippen molar-refractivity contribution >= 4 is 0 Å². The Bertz CT molecular complexity index is 532. The van der Waals surface area contributed by atoms with Gasteiger partial charge in [-0.05, 0) is 59.3 Å². The molecule has 1 aliphatic rings. The summed E-state index contributed by atoms with van der Waals surface area (Å²) >= 11 is 0. The monoisotopic (exact) mass is 334 g/mol. The van der Waals surface area contributed by atoms with Crippen LogP contribution >= 0.6 is 0 Å². The summed E-state index contributed by atoms with van der Waals surface area (Å²) < 4.78 is 1.95. The van der Waals surface area contributed by atoms with Gasteiger partial charge in [0.25, 0.3) is 0 Å². The second kappa shape index (κ2) is 8.26. The standard InChI is InChI=1S/C19H34N4O/c1-15(2)7-6-8-16(3)13-22-11-9-17(10-12-22)23-14-18(20-21-23)19(4,5)24/h7,14,16-17,24H,6,8-13H2,1-5H3/t16-/m1/s1. The molecule has 0 saturated carbocycles. The minimum Gasteiger partial charge on any atom is -0.384 e. The molecule has 1 aliphatic heterocycles. The van der Waals surface area contributed by atoms with Crippen molar-refractivity contribution in [3.05, 3.63) is 23.5 Å². The van der Waals surface area contributed by atoms with Crippen LogP contribution in [0.3, 0.4) is 0 Å². The highest BCUT2D eigenvalue weighted by molar-refractivity contribution is 5.03. The first kappa shape index (κ1) is 19.1. The summed E-state index contributed by atoms with van der Waals surface area (Å²) in [6.45, 7) is 13.6. The molecule has 24 heavy (non-hydrogen) atoms. The number of nitrogens with zero attached hydrogens (tertiary/aromatic N) is 4. The number of allylic oxidation sites excluding steroid dienone is 2. The molecule has 1 aromatic heterocycles. The Morgan fingerprint density at radius 1 is 1.38 bits per heavy atom. The van der Waals surface area contributed by atoms with E-state index in [1.54, 1.807) is 13.8 Å². The van der Waals surface area contributed by atoms with E-state index in [4.69, 9.17) is 0 Å². The minimum atomic E-state index is -0.917. The molecule has 2 rings (SSSR count). The van der Waals surface area contributed by atoms with E-state index in [1.165, 1.54) is 25.0 Å². The summed E-state index contributed by atoms with van der Waals surface area (Å²) in [5.74, 6) is 0.741. The second-order valence-corrected chi connectivity index (χ2v) is 8.14. The molecule has 1 N–H and O–H groups in total. The number of rotatable bonds is 7. The van der Waals surface area contributed by atoms with Gasteiger partial charge in [-0.2, -0.15) is 0 Å². The first-order valence-electron chi connectivity index (χ1n) is 9.26. The first-order chi connectivity index (χ1) is 11.3. The van der Waals surface area contributed by atoms with E-state index >= 15 is 0 Å². The van der Waals surface area contributed by atoms with E-state index in [0.29, 0.717) is 11.7 Å². The Morgan fingerprint density at radius 2 is 2.04 bits per heavy atom. The van der Waals surface area contributed by atoms with Gasteiger partial charge >= 0.3 is 0 Å². The molecule has 1 aromatic rings. The van der Waals surface area contributed by atoms with Crippen LogP contribution < -0.4 is 0 Å². The first-order valence-corrected chi connectivity index (χ1v) is 9.26. The number of likely N-dealkylation sites (tertiary alicyclic amines) is 1. The van der Waals surface area contributed by atoms with Gasteiger partial charge in [-0.3, -0.25) is 0 Å². The summed E-state index contributed by atoms with van der Waals surface area (Å²) in [4.78, 5) is 2.58. The molecule has 0 unspecified atom stereocenters. The molecule has 5 nitrogen and oxygen atoms in total. The largest absolute Gasteiger partial charge is 0.384 e. The molecule has 0 radical (unpaired) electrons. The highest BCUT2D eigenvalue weighted by Crippen LogP contribution is 2.25. The SMILES string of the molecule is CC(C)=CCC[C@@H](C)CN1CCC(n2cc(C(C)(C)O)nn2)CC1. The number of aromatic nitrogens is 3. The highest BCUT2D eigenvalue weighted by atomic mass is 16.3. The van der Waals surface area contributed by atoms with E-state index in [2.05, 4.69) is 42.1 Å². The predicted octanol–water partition coefficient (Wildman–Crippen LogP) is 3.52. The highest BCUT2D eigenvalue weighted by Gasteiger charge is 2.25. The van der Waals surface area contributed by atoms with E-state index in [-0.39, 0.29) is 0 Å². The fourth-order valence-electron chi connectivity index (χ4n) is 3.29. The van der Waals surface area contributed by atoms with Gasteiger partial charge in [-0.25, -0.2) is 4.68 Å². The van der Waals surface area contributed by atoms with E-state index in [0.717, 1.165) is 31.8 Å². The van der Waals surface area contributed by atoms with Gasteiger partial charge in [0, 0.05) is 19.6 Å². The van der Waals surface area contributed by atoms with Crippen LogP contribution in [0.4, 0.5) is 0 Å². The van der Waals surface area contributed by atoms with Crippen LogP contribution in [0.15, 0.2) is 17.8 Å². The van der Waals surface area contributed by atoms with Gasteiger partial charge < -0.3 is 10.0 Å². The molecule has 1 saturated heterocycles. The molecule has 0 aromatic carbocycles. The van der Waals surface area contributed by atoms with Gasteiger partial charge in [-0.15, -0.1) is 5.10 Å². The van der Waals surface area contributed by atoms with Crippen LogP contribution in [0, 0.1) is 5.92 Å². The topological polar surface area (TPSA) is 54.2 Å². The van der Waals surface area contributed by atoms with Crippen LogP contribution in [0.1, 0.15) is 72.0 Å². The van der Waals surface area contributed by atoms with Gasteiger partial charge in [0.05, 0.1) is 12.2 Å². The molecular weight excluding hydrogens is 300 g/mol. The fraction of sp³-hybridized carbons (Fsp3) is 0.789. The smallest absolute Gasteiger partial charge is 0.114 e. The van der Waals surface area contributed by atoms with Crippen molar-refractivity contribution in [2.45, 2.75) is 71.9 Å². The van der Waals surface area contributed by atoms with Crippen LogP contribution in [0.2, 0.25) is 0 Å². The Hall–Kier alpha value is -1.20. The molecule has 0 bridgehead atoms. The fourth-order valence-corrected chi connectivity index (χ4v) is 3.29. The van der Waals surface area contributed by atoms with Gasteiger partial charge in [-0.1, -0.05) is 23.8 Å². The summed E-state index contributed by atoms with van der Waals surface area (Å²) in [5, 5.41) is 18.4. The van der Waals surface area contributed by atoms with Gasteiger partial charge in [0.15, 0.2) is 0 Å². The van der Waals surface area contributed by atoms with Crippen LogP contribution in [0.25, 0.3) is 0 Å². The molecule has 5 heteroatoms. The van der Waals surface area contributed by atoms with Crippen molar-refractivity contribution in [3.63, 3.8) is 0 Å². The normalized spacial score (nSPS) is 18.6. The second-order valence-electron chi connectivity index (χ2n) is 8.14. The molecule has 1 atom stereocenters. The van der Waals surface area contributed by atoms with Crippen molar-refractivity contribution in [1.29, 1.82) is 0 Å². The minimum absolute atomic E-state index is 0.408. The van der Waals surface area contributed by atoms with E-state index < -0.39 is 5.60 Å². The third kappa shape index (κ3) is 5.71. The van der Waals surface area contributed by atoms with Gasteiger partial charge in [0.1, 0.15) is 11.3 Å². The van der Waals surface area contributed by atoms with Crippen molar-refractivity contribution < 1.29 is 5.11 Å². The van der Waals surface area contributed by atoms with Crippen molar-refractivity contribution in [2.75, 3.05) is 19.6 Å². The Morgan fingerprint density at radius 3 is 2.58 bits per heavy atom. The number of hydrogen-bond donors (Lipinski definition) is 1. The summed E-state index contributed by atoms with van der Waals surface area (Å²) in [7, 11) is 0. The zero-order valence-corrected chi connectivity index (χ0v) is 16.0. The van der Waals surface area contributed by atoms with Crippen LogP contribution in [-0.2, 0) is 5.60 Å². The lowest BCUT2D eigenvalue weighted by Crippen LogP contribution is -2.37. The molecule has 2 heterocycles. The third-order valence-corrected chi connectivity index (χ3v) is 4.85. The lowest BCUT2D eigenvalue weighted by molar-refractivity contribution is 0.0736. The molecule has 0 amide bonds. The summed E-state index contributed by atoms with van der Waals surface area (Å²) in [5.41, 5.74) is 1.15. The quantitative estimate of drug-likeness (QED) is 0.775. The summed E-state index contributed by atoms with van der Waals surface area (Å²) in [6, 6.07) is 0.408. The van der Waals surface area contributed by atoms with Gasteiger partial charge in [0.2, 0.25) is 0 Å². The van der Waals surface area contributed by atoms with E-state index in [9.17, 15) is 5.11 Å². The maximum atomic E-state index is 10.0. The Kier molecular flexibility index (Phi) is 6.58. The predicted molar refractivity (Wildman–Crippen MR) is 97.8 cm³/mol. The van der Waals surface area contributed by atoms with Crippen LogP contribution in [0.5, 0.6) is 0 Å².